The molecule has 0 unspecified atom stereocenters. The lowest BCUT2D eigenvalue weighted by molar-refractivity contribution is 0.184. The van der Waals surface area contributed by atoms with Crippen molar-refractivity contribution in [1.29, 1.82) is 0 Å². The Labute approximate surface area is 647 Å². The average Bonchev–Trinajstić information content (AvgIpc) is 1.54. The van der Waals surface area contributed by atoms with Crippen LogP contribution in [0.15, 0.2) is 169 Å². The molecule has 23 nitrogen and oxygen atoms in total. The molecule has 9 atom stereocenters. The first kappa shape index (κ1) is 70.6. The number of aromatic nitrogens is 15. The maximum absolute atomic E-state index is 14.7. The van der Waals surface area contributed by atoms with E-state index in [0.29, 0.717) is 116 Å². The highest BCUT2D eigenvalue weighted by molar-refractivity contribution is 7.17. The van der Waals surface area contributed by atoms with Gasteiger partial charge >= 0.3 is 4.87 Å². The fraction of sp³-hybridized carbons (Fsp3) is 0.305. The zero-order valence-corrected chi connectivity index (χ0v) is 62.8. The number of hydrogen-bond donors (Lipinski definition) is 6. The van der Waals surface area contributed by atoms with Crippen LogP contribution >= 0.6 is 34.5 Å². The fourth-order valence-electron chi connectivity index (χ4n) is 19.2. The minimum absolute atomic E-state index is 0.141. The van der Waals surface area contributed by atoms with Crippen molar-refractivity contribution in [3.05, 3.63) is 218 Å². The van der Waals surface area contributed by atoms with Crippen molar-refractivity contribution in [1.82, 2.24) is 74.8 Å². The van der Waals surface area contributed by atoms with E-state index in [0.717, 1.165) is 154 Å². The molecule has 3 saturated heterocycles. The van der Waals surface area contributed by atoms with Gasteiger partial charge in [0.15, 0.2) is 0 Å². The summed E-state index contributed by atoms with van der Waals surface area (Å²) in [5.74, 6) is 3.98. The highest BCUT2D eigenvalue weighted by Crippen LogP contribution is 2.66. The molecule has 12 heterocycles. The summed E-state index contributed by atoms with van der Waals surface area (Å²) < 4.78 is 53.6. The number of aryl methyl sites for hydroxylation is 1. The number of nitrogens with one attached hydrogen (secondary N) is 3. The number of hydrogen-bond acceptors (Lipinski definition) is 19. The number of methoxy groups -OCH3 is 1. The number of thiazole rings is 1. The van der Waals surface area contributed by atoms with Gasteiger partial charge in [-0.1, -0.05) is 95.2 Å². The van der Waals surface area contributed by atoms with Gasteiger partial charge in [0.1, 0.15) is 45.9 Å². The van der Waals surface area contributed by atoms with Gasteiger partial charge in [-0.2, -0.15) is 20.4 Å². The molecule has 0 radical (unpaired) electrons. The van der Waals surface area contributed by atoms with Crippen molar-refractivity contribution >= 4 is 117 Å². The molecule has 6 aromatic carbocycles. The summed E-state index contributed by atoms with van der Waals surface area (Å²) in [6.45, 7) is 7.36. The van der Waals surface area contributed by atoms with E-state index in [2.05, 4.69) is 79.5 Å². The molecule has 21 rings (SSSR count). The number of halogens is 5. The average molecular weight is 1550 g/mol. The summed E-state index contributed by atoms with van der Waals surface area (Å²) in [5.41, 5.74) is 31.4. The Bertz CT molecular complexity index is 6230. The van der Waals surface area contributed by atoms with Crippen LogP contribution in [0.25, 0.3) is 99.2 Å². The fourth-order valence-corrected chi connectivity index (χ4v) is 20.6. The first-order valence-corrected chi connectivity index (χ1v) is 38.9. The zero-order chi connectivity index (χ0) is 75.8. The molecule has 3 aliphatic heterocycles. The predicted molar refractivity (Wildman–Crippen MR) is 428 cm³/mol. The summed E-state index contributed by atoms with van der Waals surface area (Å²) in [4.78, 5) is 50.0. The number of pyridine rings is 2. The Balaban J connectivity index is 0.000000113. The lowest BCUT2D eigenvalue weighted by Crippen LogP contribution is -2.32. The van der Waals surface area contributed by atoms with E-state index >= 15 is 0 Å². The third-order valence-corrected chi connectivity index (χ3v) is 26.6. The molecule has 9 N–H and O–H groups in total. The number of piperidine rings is 3. The Morgan fingerprint density at radius 1 is 0.559 bits per heavy atom. The van der Waals surface area contributed by atoms with Gasteiger partial charge in [0.25, 0.3) is 0 Å². The van der Waals surface area contributed by atoms with E-state index in [1.54, 1.807) is 43.8 Å². The Morgan fingerprint density at radius 2 is 1.06 bits per heavy atom. The van der Waals surface area contributed by atoms with Gasteiger partial charge in [-0.3, -0.25) is 24.4 Å². The number of aromatic amines is 3. The SMILES string of the molecule is COCCn1cc2c(Cl)c(-c3[nH]nc4nc(N5CC[C@@H]6[C@H](C5)[C@@]6(CN)c5ccccc5F)cnc34)ccc2n1.Cn1cc2cc(-c3ccc4nc(N5CC[C@@H]6[C@H](C5)[C@@]6(CN)c5ccccc5F)ccc4n3)ccc2n1.NC[C@]1(c2ccccc2F)[C@@H]2CCN(c3cnc4c(-c5ccc6[nH]c(=O)sc6c5Cl)[nH]nc4n3)C[C@@H]21. The number of ether oxygens (including phenoxy) is 1. The van der Waals surface area contributed by atoms with Gasteiger partial charge in [0.2, 0.25) is 11.3 Å². The van der Waals surface area contributed by atoms with Crippen molar-refractivity contribution in [2.45, 2.75) is 42.1 Å². The molecule has 6 fully saturated rings. The number of fused-ring (bicyclic) bond motifs is 9. The molecule has 3 aliphatic carbocycles. The minimum Gasteiger partial charge on any atom is -0.383 e. The van der Waals surface area contributed by atoms with E-state index in [1.807, 2.05) is 108 Å². The molecule has 6 aliphatic rings. The summed E-state index contributed by atoms with van der Waals surface area (Å²) in [6.07, 6.45) is 10.3. The molecule has 562 valence electrons. The van der Waals surface area contributed by atoms with Crippen molar-refractivity contribution in [3.63, 3.8) is 0 Å². The standard InChI is InChI=1S/C29H27FN6.C28H28ClFN8O.C25H21ClFN7OS/c1-35-15-19-14-18(6-7-25(19)34-35)24-8-9-27-26(32-24)10-11-28(33-27)36-13-12-20-22(16-36)29(20,17-31)21-4-2-3-5-23(21)30;1-39-11-10-38-13-17-22(36-38)7-6-16(24(17)29)25-26-27(35-34-25)33-23(12-32-26)37-9-8-18-20(14-37)28(18,15-31)19-4-2-3-5-21(19)30;26-19-12(5-6-17-22(19)36-24(35)30-17)20-21-23(33-32-20)31-18(9-29-21)34-8-7-13-15(10-34)25(13,11-28)14-3-1-2-4-16(14)27/h2-11,14-15,20,22H,12-13,16-17,31H2,1H3;2-7,12-13,18,20H,8-11,14-15,31H2,1H3,(H,33,34,35);1-6,9,13,15H,7-8,10-11,28H2,(H,30,35)(H,31,32,33)/t20-,22+,29-;18-,20+,28-;13-,15+,25-/m111/s1. The number of nitrogens with zero attached hydrogens (tertiary/aromatic N) is 15. The monoisotopic (exact) mass is 1550 g/mol. The number of H-pyrrole nitrogens is 3. The number of benzene rings is 6. The summed E-state index contributed by atoms with van der Waals surface area (Å²) >= 11 is 14.5. The van der Waals surface area contributed by atoms with Crippen LogP contribution in [0.3, 0.4) is 0 Å². The molecule has 9 aromatic heterocycles. The minimum atomic E-state index is -0.324. The molecule has 0 amide bonds. The summed E-state index contributed by atoms with van der Waals surface area (Å²) in [7, 11) is 3.59. The highest BCUT2D eigenvalue weighted by atomic mass is 35.5. The summed E-state index contributed by atoms with van der Waals surface area (Å²) in [6, 6.07) is 43.1. The van der Waals surface area contributed by atoms with Crippen LogP contribution < -0.4 is 36.8 Å². The van der Waals surface area contributed by atoms with Crippen LogP contribution in [-0.4, -0.2) is 147 Å². The van der Waals surface area contributed by atoms with E-state index in [1.165, 1.54) is 12.1 Å². The quantitative estimate of drug-likeness (QED) is 0.0556. The second-order valence-electron chi connectivity index (χ2n) is 30.1. The van der Waals surface area contributed by atoms with Gasteiger partial charge < -0.3 is 41.6 Å². The molecule has 29 heteroatoms. The molecule has 15 aromatic rings. The van der Waals surface area contributed by atoms with Crippen molar-refractivity contribution in [3.8, 4) is 33.8 Å². The Morgan fingerprint density at radius 3 is 1.61 bits per heavy atom. The second-order valence-corrected chi connectivity index (χ2v) is 31.8. The van der Waals surface area contributed by atoms with E-state index in [-0.39, 0.29) is 50.4 Å². The number of nitrogens with two attached hydrogens (primary N) is 3. The third-order valence-electron chi connectivity index (χ3n) is 24.8. The smallest absolute Gasteiger partial charge is 0.305 e. The Hall–Kier alpha value is -10.8. The van der Waals surface area contributed by atoms with Crippen molar-refractivity contribution < 1.29 is 17.9 Å². The van der Waals surface area contributed by atoms with Crippen LogP contribution in [0.2, 0.25) is 10.0 Å². The van der Waals surface area contributed by atoms with Crippen molar-refractivity contribution in [2.75, 3.05) is 87.3 Å². The molecule has 0 spiro atoms. The molecule has 111 heavy (non-hydrogen) atoms. The lowest BCUT2D eigenvalue weighted by atomic mass is 9.91. The lowest BCUT2D eigenvalue weighted by Gasteiger charge is -2.27. The van der Waals surface area contributed by atoms with Gasteiger partial charge in [0.05, 0.1) is 85.0 Å². The number of anilines is 3. The van der Waals surface area contributed by atoms with E-state index in [4.69, 9.17) is 70.1 Å². The van der Waals surface area contributed by atoms with Gasteiger partial charge in [-0.25, -0.2) is 43.1 Å². The number of rotatable bonds is 15. The normalized spacial score (nSPS) is 23.0. The molecule has 0 bridgehead atoms. The third kappa shape index (κ3) is 11.7. The largest absolute Gasteiger partial charge is 0.383 e. The first-order chi connectivity index (χ1) is 54.1. The highest BCUT2D eigenvalue weighted by Gasteiger charge is 2.68. The van der Waals surface area contributed by atoms with Crippen LogP contribution in [0.1, 0.15) is 36.0 Å². The topological polar surface area (TPSA) is 300 Å². The molecular formula is C82H76Cl2F3N21O2S. The zero-order valence-electron chi connectivity index (χ0n) is 60.5. The van der Waals surface area contributed by atoms with E-state index < -0.39 is 0 Å². The van der Waals surface area contributed by atoms with Gasteiger partial charge in [0, 0.05) is 129 Å². The summed E-state index contributed by atoms with van der Waals surface area (Å²) in [5, 5.41) is 27.0. The van der Waals surface area contributed by atoms with Crippen LogP contribution in [0.5, 0.6) is 0 Å². The van der Waals surface area contributed by atoms with Crippen LogP contribution in [-0.2, 0) is 34.6 Å². The second kappa shape index (κ2) is 27.6. The molecule has 3 saturated carbocycles. The predicted octanol–water partition coefficient (Wildman–Crippen LogP) is 12.9. The maximum atomic E-state index is 14.7. The van der Waals surface area contributed by atoms with E-state index in [9.17, 15) is 18.0 Å². The first-order valence-electron chi connectivity index (χ1n) is 37.3. The van der Waals surface area contributed by atoms with Crippen LogP contribution in [0.4, 0.5) is 30.6 Å². The Kier molecular flexibility index (Phi) is 17.6. The van der Waals surface area contributed by atoms with Gasteiger partial charge in [-0.05, 0) is 150 Å². The van der Waals surface area contributed by atoms with Crippen LogP contribution in [0, 0.1) is 53.0 Å². The maximum Gasteiger partial charge on any atom is 0.305 e. The molecular weight excluding hydrogens is 1470 g/mol. The van der Waals surface area contributed by atoms with Crippen molar-refractivity contribution in [2.24, 2.45) is 59.8 Å². The van der Waals surface area contributed by atoms with Gasteiger partial charge in [-0.15, -0.1) is 0 Å².